The molecule has 1 rings (SSSR count). The molecule has 0 radical (unpaired) electrons. The molecule has 0 aliphatic heterocycles. The van der Waals surface area contributed by atoms with Gasteiger partial charge in [-0.3, -0.25) is 4.79 Å². The second kappa shape index (κ2) is 8.89. The number of hydrogen-bond donors (Lipinski definition) is 0. The van der Waals surface area contributed by atoms with Gasteiger partial charge in [-0.2, -0.15) is 0 Å². The Balaban J connectivity index is 2.83. The first kappa shape index (κ1) is 18.6. The number of hydrogen-bond acceptors (Lipinski definition) is 6. The molecule has 0 aromatic heterocycles. The van der Waals surface area contributed by atoms with Crippen molar-refractivity contribution in [2.24, 2.45) is 0 Å². The third-order valence-corrected chi connectivity index (χ3v) is 6.22. The van der Waals surface area contributed by atoms with Crippen molar-refractivity contribution < 1.29 is 27.5 Å². The highest BCUT2D eigenvalue weighted by molar-refractivity contribution is 6.60. The fourth-order valence-electron chi connectivity index (χ4n) is 2.23. The number of carbonyl (C=O) groups excluding carboxylic acids is 1. The molecule has 0 bridgehead atoms. The molecule has 7 heteroatoms. The van der Waals surface area contributed by atoms with E-state index in [-0.39, 0.29) is 5.97 Å². The summed E-state index contributed by atoms with van der Waals surface area (Å²) in [4.78, 5) is 11.3. The van der Waals surface area contributed by atoms with Gasteiger partial charge in [0.25, 0.3) is 0 Å². The van der Waals surface area contributed by atoms with Crippen molar-refractivity contribution in [2.75, 3.05) is 28.4 Å². The smallest absolute Gasteiger partial charge is 0.493 e. The average Bonchev–Trinajstić information content (AvgIpc) is 2.53. The Labute approximate surface area is 132 Å². The first-order valence-electron chi connectivity index (χ1n) is 7.01. The van der Waals surface area contributed by atoms with Crippen molar-refractivity contribution in [3.63, 3.8) is 0 Å². The summed E-state index contributed by atoms with van der Waals surface area (Å²) in [5, 5.41) is 0. The van der Waals surface area contributed by atoms with Crippen molar-refractivity contribution >= 4 is 14.8 Å². The molecule has 0 N–H and O–H groups in total. The zero-order chi connectivity index (χ0) is 16.6. The Bertz CT molecular complexity index is 479. The molecule has 124 valence electrons. The Morgan fingerprint density at radius 3 is 2.23 bits per heavy atom. The van der Waals surface area contributed by atoms with Gasteiger partial charge in [-0.25, -0.2) is 0 Å². The predicted octanol–water partition coefficient (Wildman–Crippen LogP) is 2.43. The van der Waals surface area contributed by atoms with Crippen molar-refractivity contribution in [3.05, 3.63) is 23.8 Å². The number of aryl methyl sites for hydroxylation is 1. The van der Waals surface area contributed by atoms with E-state index in [1.807, 2.05) is 12.1 Å². The summed E-state index contributed by atoms with van der Waals surface area (Å²) < 4.78 is 26.7. The van der Waals surface area contributed by atoms with Gasteiger partial charge >= 0.3 is 14.8 Å². The summed E-state index contributed by atoms with van der Waals surface area (Å²) in [5.74, 6) is 0.638. The van der Waals surface area contributed by atoms with E-state index in [9.17, 15) is 4.79 Å². The van der Waals surface area contributed by atoms with Crippen LogP contribution in [0.1, 0.15) is 18.9 Å². The quantitative estimate of drug-likeness (QED) is 0.394. The van der Waals surface area contributed by atoms with Crippen LogP contribution in [-0.4, -0.2) is 43.2 Å². The van der Waals surface area contributed by atoms with Gasteiger partial charge in [-0.1, -0.05) is 12.1 Å². The molecular formula is C15H24O6Si. The van der Waals surface area contributed by atoms with Crippen LogP contribution in [0.15, 0.2) is 18.2 Å². The summed E-state index contributed by atoms with van der Waals surface area (Å²) in [6.07, 6.45) is 1.48. The van der Waals surface area contributed by atoms with E-state index in [1.54, 1.807) is 34.5 Å². The van der Waals surface area contributed by atoms with Crippen molar-refractivity contribution in [3.8, 4) is 11.5 Å². The fraction of sp³-hybridized carbons (Fsp3) is 0.533. The Hall–Kier alpha value is -1.41. The lowest BCUT2D eigenvalue weighted by Crippen LogP contribution is -2.42. The summed E-state index contributed by atoms with van der Waals surface area (Å²) in [7, 11) is 3.74. The van der Waals surface area contributed by atoms with Crippen molar-refractivity contribution in [1.29, 1.82) is 0 Å². The van der Waals surface area contributed by atoms with Gasteiger partial charge in [0.05, 0.1) is 7.11 Å². The van der Waals surface area contributed by atoms with E-state index in [1.165, 1.54) is 6.92 Å². The van der Waals surface area contributed by atoms with Crippen LogP contribution in [0.4, 0.5) is 0 Å². The molecule has 0 aliphatic rings. The van der Waals surface area contributed by atoms with E-state index < -0.39 is 8.80 Å². The van der Waals surface area contributed by atoms with Crippen LogP contribution in [-0.2, 0) is 24.5 Å². The van der Waals surface area contributed by atoms with Crippen LogP contribution in [0.2, 0.25) is 6.04 Å². The molecule has 0 spiro atoms. The average molecular weight is 328 g/mol. The van der Waals surface area contributed by atoms with E-state index in [0.717, 1.165) is 12.0 Å². The fourth-order valence-corrected chi connectivity index (χ4v) is 3.95. The Morgan fingerprint density at radius 2 is 1.73 bits per heavy atom. The van der Waals surface area contributed by atoms with Crippen LogP contribution in [0.3, 0.4) is 0 Å². The molecule has 1 aromatic carbocycles. The summed E-state index contributed by atoms with van der Waals surface area (Å²) >= 11 is 0. The van der Waals surface area contributed by atoms with Crippen LogP contribution < -0.4 is 9.47 Å². The van der Waals surface area contributed by atoms with Gasteiger partial charge < -0.3 is 22.8 Å². The monoisotopic (exact) mass is 328 g/mol. The maximum absolute atomic E-state index is 11.3. The van der Waals surface area contributed by atoms with E-state index in [4.69, 9.17) is 22.8 Å². The lowest BCUT2D eigenvalue weighted by atomic mass is 10.1. The molecule has 0 heterocycles. The van der Waals surface area contributed by atoms with Crippen LogP contribution in [0.25, 0.3) is 0 Å². The highest BCUT2D eigenvalue weighted by Crippen LogP contribution is 2.32. The lowest BCUT2D eigenvalue weighted by Gasteiger charge is -2.24. The molecule has 0 aliphatic carbocycles. The van der Waals surface area contributed by atoms with Gasteiger partial charge in [0, 0.05) is 34.3 Å². The van der Waals surface area contributed by atoms with E-state index in [2.05, 4.69) is 0 Å². The number of para-hydroxylation sites is 1. The molecule has 0 amide bonds. The van der Waals surface area contributed by atoms with Crippen LogP contribution in [0, 0.1) is 0 Å². The predicted molar refractivity (Wildman–Crippen MR) is 84.2 cm³/mol. The Kier molecular flexibility index (Phi) is 7.53. The zero-order valence-electron chi connectivity index (χ0n) is 13.8. The standard InChI is InChI=1S/C15H24O6Si/c1-12(16)21-15-13(8-6-10-14(15)17-2)9-7-11-22(18-3,19-4)20-5/h6,8,10H,7,9,11H2,1-5H3. The van der Waals surface area contributed by atoms with Gasteiger partial charge in [0.2, 0.25) is 0 Å². The number of rotatable bonds is 9. The number of methoxy groups -OCH3 is 1. The highest BCUT2D eigenvalue weighted by atomic mass is 28.4. The second-order valence-corrected chi connectivity index (χ2v) is 7.78. The molecule has 1 aromatic rings. The summed E-state index contributed by atoms with van der Waals surface area (Å²) in [5.41, 5.74) is 0.903. The van der Waals surface area contributed by atoms with Gasteiger partial charge in [-0.15, -0.1) is 0 Å². The maximum atomic E-state index is 11.3. The number of carbonyl (C=O) groups is 1. The molecule has 0 fully saturated rings. The van der Waals surface area contributed by atoms with Gasteiger partial charge in [0.1, 0.15) is 0 Å². The summed E-state index contributed by atoms with van der Waals surface area (Å²) in [6.45, 7) is 1.37. The zero-order valence-corrected chi connectivity index (χ0v) is 14.8. The molecule has 6 nitrogen and oxygen atoms in total. The number of esters is 1. The Morgan fingerprint density at radius 1 is 1.09 bits per heavy atom. The van der Waals surface area contributed by atoms with Gasteiger partial charge in [-0.05, 0) is 24.5 Å². The molecule has 0 saturated carbocycles. The minimum absolute atomic E-state index is 0.375. The SMILES string of the molecule is COc1cccc(CCC[Si](OC)(OC)OC)c1OC(C)=O. The molecular weight excluding hydrogens is 304 g/mol. The molecule has 0 atom stereocenters. The normalized spacial score (nSPS) is 11.3. The molecule has 0 unspecified atom stereocenters. The largest absolute Gasteiger partial charge is 0.500 e. The first-order valence-corrected chi connectivity index (χ1v) is 8.94. The van der Waals surface area contributed by atoms with Crippen molar-refractivity contribution in [2.45, 2.75) is 25.8 Å². The third kappa shape index (κ3) is 4.81. The topological polar surface area (TPSA) is 63.2 Å². The first-order chi connectivity index (χ1) is 10.5. The minimum Gasteiger partial charge on any atom is -0.493 e. The number of benzene rings is 1. The number of ether oxygens (including phenoxy) is 2. The van der Waals surface area contributed by atoms with E-state index in [0.29, 0.717) is 24.0 Å². The van der Waals surface area contributed by atoms with Crippen molar-refractivity contribution in [1.82, 2.24) is 0 Å². The lowest BCUT2D eigenvalue weighted by molar-refractivity contribution is -0.132. The molecule has 0 saturated heterocycles. The van der Waals surface area contributed by atoms with Gasteiger partial charge in [0.15, 0.2) is 11.5 Å². The second-order valence-electron chi connectivity index (χ2n) is 4.69. The highest BCUT2D eigenvalue weighted by Gasteiger charge is 2.36. The van der Waals surface area contributed by atoms with Crippen LogP contribution in [0.5, 0.6) is 11.5 Å². The van der Waals surface area contributed by atoms with E-state index >= 15 is 0 Å². The minimum atomic E-state index is -2.58. The van der Waals surface area contributed by atoms with Crippen LogP contribution >= 0.6 is 0 Å². The maximum Gasteiger partial charge on any atom is 0.500 e. The third-order valence-electron chi connectivity index (χ3n) is 3.39. The summed E-state index contributed by atoms with van der Waals surface area (Å²) in [6, 6.07) is 6.22. The molecule has 22 heavy (non-hydrogen) atoms.